The van der Waals surface area contributed by atoms with Gasteiger partial charge in [-0.2, -0.15) is 33.2 Å². The van der Waals surface area contributed by atoms with Crippen LogP contribution in [-0.2, 0) is 11.0 Å². The number of anilines is 2. The van der Waals surface area contributed by atoms with Gasteiger partial charge in [0.1, 0.15) is 11.3 Å². The maximum Gasteiger partial charge on any atom is 0.419 e. The van der Waals surface area contributed by atoms with Gasteiger partial charge in [-0.1, -0.05) is 42.4 Å². The summed E-state index contributed by atoms with van der Waals surface area (Å²) < 4.78 is 56.6. The van der Waals surface area contributed by atoms with Crippen molar-refractivity contribution in [2.24, 2.45) is 0 Å². The molecule has 2 aliphatic rings. The van der Waals surface area contributed by atoms with Crippen LogP contribution >= 0.6 is 15.9 Å². The van der Waals surface area contributed by atoms with E-state index in [9.17, 15) is 32.4 Å². The lowest BCUT2D eigenvalue weighted by Crippen LogP contribution is -2.60. The second-order valence-corrected chi connectivity index (χ2v) is 12.4. The van der Waals surface area contributed by atoms with Crippen LogP contribution in [-0.4, -0.2) is 93.4 Å². The fourth-order valence-corrected chi connectivity index (χ4v) is 6.75. The molecule has 2 fully saturated rings. The van der Waals surface area contributed by atoms with E-state index in [1.54, 1.807) is 4.90 Å². The lowest BCUT2D eigenvalue weighted by atomic mass is 10.1. The zero-order valence-electron chi connectivity index (χ0n) is 26.0. The van der Waals surface area contributed by atoms with Gasteiger partial charge in [0.2, 0.25) is 5.95 Å². The van der Waals surface area contributed by atoms with Crippen LogP contribution in [0, 0.1) is 11.3 Å². The van der Waals surface area contributed by atoms with E-state index in [4.69, 9.17) is 4.98 Å². The molecular formula is C31H34BrF4N9O2. The van der Waals surface area contributed by atoms with Crippen LogP contribution in [0.1, 0.15) is 38.7 Å². The molecule has 2 aliphatic heterocycles. The Hall–Kier alpha value is -4.10. The van der Waals surface area contributed by atoms with E-state index >= 15 is 0 Å². The van der Waals surface area contributed by atoms with E-state index in [2.05, 4.69) is 51.3 Å². The first-order valence-corrected chi connectivity index (χ1v) is 16.1. The fraction of sp³-hybridized carbons (Fsp3) is 0.484. The molecule has 250 valence electrons. The summed E-state index contributed by atoms with van der Waals surface area (Å²) in [5, 5.41) is 13.8. The van der Waals surface area contributed by atoms with Crippen molar-refractivity contribution in [3.8, 4) is 11.8 Å². The van der Waals surface area contributed by atoms with Crippen LogP contribution in [0.5, 0.6) is 0 Å². The molecule has 4 heterocycles. The molecule has 2 saturated heterocycles. The summed E-state index contributed by atoms with van der Waals surface area (Å²) in [5.41, 5.74) is -2.53. The van der Waals surface area contributed by atoms with Gasteiger partial charge in [-0.25, -0.2) is 9.37 Å². The number of benzene rings is 1. The van der Waals surface area contributed by atoms with Crippen molar-refractivity contribution in [1.82, 2.24) is 29.5 Å². The van der Waals surface area contributed by atoms with Crippen LogP contribution in [0.15, 0.2) is 46.1 Å². The molecule has 2 aromatic heterocycles. The number of alkyl halides is 3. The monoisotopic (exact) mass is 719 g/mol. The van der Waals surface area contributed by atoms with E-state index < -0.39 is 40.8 Å². The molecule has 1 aromatic carbocycles. The molecule has 11 nitrogen and oxygen atoms in total. The lowest BCUT2D eigenvalue weighted by Gasteiger charge is -2.46. The highest BCUT2D eigenvalue weighted by molar-refractivity contribution is 9.10. The highest BCUT2D eigenvalue weighted by Gasteiger charge is 2.39. The van der Waals surface area contributed by atoms with E-state index in [1.165, 1.54) is 23.2 Å². The Bertz CT molecular complexity index is 1760. The van der Waals surface area contributed by atoms with Gasteiger partial charge in [0.25, 0.3) is 11.5 Å². The second kappa shape index (κ2) is 13.9. The second-order valence-electron chi connectivity index (χ2n) is 11.6. The summed E-state index contributed by atoms with van der Waals surface area (Å²) in [5.74, 6) is -1.54. The van der Waals surface area contributed by atoms with Gasteiger partial charge in [0.15, 0.2) is 5.83 Å². The van der Waals surface area contributed by atoms with E-state index in [1.807, 2.05) is 11.0 Å². The molecule has 0 saturated carbocycles. The molecule has 0 unspecified atom stereocenters. The number of nitriles is 1. The number of halogens is 5. The number of hydrogen-bond acceptors (Lipinski definition) is 9. The zero-order valence-corrected chi connectivity index (χ0v) is 27.6. The summed E-state index contributed by atoms with van der Waals surface area (Å²) >= 11 is 2.96. The molecule has 0 aliphatic carbocycles. The first-order valence-electron chi connectivity index (χ1n) is 15.3. The standard InChI is InChI=1S/C31H34BrF4N9O2/c1-4-11-41(12-5-2)21-17-43(18-21)30-39-26-22(15-38-45(29(26)47)24-8-6-7-23(32)25(24)31(34,35)36)27(40-30)42-13-14-44(28(46)19(3)33)20(16-42)9-10-37/h6-8,15,20-21H,3-5,9,11-14,16-18H2,1-2H3/t20-/m0/s1. The third-order valence-electron chi connectivity index (χ3n) is 8.40. The summed E-state index contributed by atoms with van der Waals surface area (Å²) in [6, 6.07) is 5.34. The number of piperazine rings is 1. The average molecular weight is 721 g/mol. The Kier molecular flexibility index (Phi) is 10.2. The molecule has 47 heavy (non-hydrogen) atoms. The van der Waals surface area contributed by atoms with Gasteiger partial charge in [-0.3, -0.25) is 14.5 Å². The molecule has 16 heteroatoms. The van der Waals surface area contributed by atoms with Crippen molar-refractivity contribution in [2.45, 2.75) is 51.4 Å². The Morgan fingerprint density at radius 2 is 1.83 bits per heavy atom. The van der Waals surface area contributed by atoms with Gasteiger partial charge < -0.3 is 14.7 Å². The third kappa shape index (κ3) is 6.82. The molecule has 3 aromatic rings. The first-order chi connectivity index (χ1) is 22.4. The van der Waals surface area contributed by atoms with Gasteiger partial charge in [0, 0.05) is 43.2 Å². The number of hydrogen-bond donors (Lipinski definition) is 0. The van der Waals surface area contributed by atoms with Crippen molar-refractivity contribution in [1.29, 1.82) is 5.26 Å². The lowest BCUT2D eigenvalue weighted by molar-refractivity contribution is -0.138. The molecule has 1 amide bonds. The Morgan fingerprint density at radius 3 is 2.45 bits per heavy atom. The van der Waals surface area contributed by atoms with E-state index in [0.29, 0.717) is 17.8 Å². The van der Waals surface area contributed by atoms with Crippen molar-refractivity contribution in [3.63, 3.8) is 0 Å². The van der Waals surface area contributed by atoms with Gasteiger partial charge in [0.05, 0.1) is 41.4 Å². The van der Waals surface area contributed by atoms with Gasteiger partial charge >= 0.3 is 6.18 Å². The van der Waals surface area contributed by atoms with Crippen LogP contribution in [0.3, 0.4) is 0 Å². The van der Waals surface area contributed by atoms with Gasteiger partial charge in [-0.15, -0.1) is 0 Å². The summed E-state index contributed by atoms with van der Waals surface area (Å²) in [4.78, 5) is 43.2. The Morgan fingerprint density at radius 1 is 1.13 bits per heavy atom. The molecule has 0 radical (unpaired) electrons. The molecule has 0 spiro atoms. The summed E-state index contributed by atoms with van der Waals surface area (Å²) in [7, 11) is 0. The molecule has 0 bridgehead atoms. The average Bonchev–Trinajstić information content (AvgIpc) is 2.99. The predicted octanol–water partition coefficient (Wildman–Crippen LogP) is 4.68. The van der Waals surface area contributed by atoms with E-state index in [0.717, 1.165) is 32.0 Å². The van der Waals surface area contributed by atoms with Crippen molar-refractivity contribution < 1.29 is 22.4 Å². The molecule has 1 atom stereocenters. The van der Waals surface area contributed by atoms with Crippen LogP contribution in [0.25, 0.3) is 16.6 Å². The zero-order chi connectivity index (χ0) is 34.0. The summed E-state index contributed by atoms with van der Waals surface area (Å²) in [6.07, 6.45) is -1.66. The van der Waals surface area contributed by atoms with Crippen molar-refractivity contribution in [3.05, 3.63) is 57.2 Å². The van der Waals surface area contributed by atoms with E-state index in [-0.39, 0.29) is 59.2 Å². The maximum atomic E-state index is 14.1. The minimum atomic E-state index is -4.79. The minimum Gasteiger partial charge on any atom is -0.352 e. The smallest absolute Gasteiger partial charge is 0.352 e. The van der Waals surface area contributed by atoms with Crippen LogP contribution in [0.2, 0.25) is 0 Å². The first kappa shape index (κ1) is 34.2. The quantitative estimate of drug-likeness (QED) is 0.218. The minimum absolute atomic E-state index is 0.0429. The number of carbonyl (C=O) groups excluding carboxylic acids is 1. The number of nitrogens with zero attached hydrogens (tertiary/aromatic N) is 9. The fourth-order valence-electron chi connectivity index (χ4n) is 6.17. The van der Waals surface area contributed by atoms with Crippen LogP contribution < -0.4 is 15.4 Å². The van der Waals surface area contributed by atoms with Crippen molar-refractivity contribution >= 4 is 44.5 Å². The molecule has 5 rings (SSSR count). The summed E-state index contributed by atoms with van der Waals surface area (Å²) in [6.45, 7) is 10.6. The number of aromatic nitrogens is 4. The molecule has 0 N–H and O–H groups in total. The molecular weight excluding hydrogens is 686 g/mol. The highest BCUT2D eigenvalue weighted by Crippen LogP contribution is 2.39. The number of fused-ring (bicyclic) bond motifs is 1. The number of amides is 1. The maximum absolute atomic E-state index is 14.1. The SMILES string of the molecule is C=C(F)C(=O)N1CCN(c2nc(N3CC(N(CCC)CCC)C3)nc3c(=O)n(-c4cccc(Br)c4C(F)(F)F)ncc23)C[C@@H]1CC#N. The van der Waals surface area contributed by atoms with Crippen molar-refractivity contribution in [2.75, 3.05) is 55.6 Å². The largest absolute Gasteiger partial charge is 0.419 e. The Labute approximate surface area is 277 Å². The van der Waals surface area contributed by atoms with Gasteiger partial charge in [-0.05, 0) is 38.1 Å². The third-order valence-corrected chi connectivity index (χ3v) is 9.06. The normalized spacial score (nSPS) is 17.3. The highest BCUT2D eigenvalue weighted by atomic mass is 79.9. The van der Waals surface area contributed by atoms with Crippen LogP contribution in [0.4, 0.5) is 29.3 Å². The number of rotatable bonds is 10. The topological polar surface area (TPSA) is 114 Å². The Balaban J connectivity index is 1.62. The predicted molar refractivity (Wildman–Crippen MR) is 172 cm³/mol. The number of carbonyl (C=O) groups is 1.